The molecule has 0 aliphatic rings. The predicted octanol–water partition coefficient (Wildman–Crippen LogP) is 4.70. The van der Waals surface area contributed by atoms with Crippen molar-refractivity contribution in [3.05, 3.63) is 58.0 Å². The normalized spacial score (nSPS) is 12.6. The maximum absolute atomic E-state index is 6.36. The second kappa shape index (κ2) is 6.96. The lowest BCUT2D eigenvalue weighted by Gasteiger charge is -2.19. The van der Waals surface area contributed by atoms with Crippen LogP contribution >= 0.6 is 11.6 Å². The molecular formula is C17H22ClNO. The molecule has 1 aromatic heterocycles. The number of rotatable bonds is 6. The molecule has 3 heteroatoms. The Balaban J connectivity index is 2.25. The predicted molar refractivity (Wildman–Crippen MR) is 84.4 cm³/mol. The number of halogens is 1. The number of aryl methyl sites for hydroxylation is 2. The van der Waals surface area contributed by atoms with E-state index >= 15 is 0 Å². The number of hydrogen-bond acceptors (Lipinski definition) is 2. The van der Waals surface area contributed by atoms with E-state index in [9.17, 15) is 0 Å². The van der Waals surface area contributed by atoms with Gasteiger partial charge in [0.25, 0.3) is 0 Å². The molecule has 2 rings (SSSR count). The third kappa shape index (κ3) is 3.44. The molecule has 1 N–H and O–H groups in total. The van der Waals surface area contributed by atoms with Crippen LogP contribution in [0.25, 0.3) is 0 Å². The maximum Gasteiger partial charge on any atom is 0.108 e. The monoisotopic (exact) mass is 291 g/mol. The minimum atomic E-state index is 0.244. The smallest absolute Gasteiger partial charge is 0.108 e. The first-order valence-corrected chi connectivity index (χ1v) is 7.58. The van der Waals surface area contributed by atoms with Crippen molar-refractivity contribution in [2.75, 3.05) is 6.54 Å². The van der Waals surface area contributed by atoms with Crippen molar-refractivity contribution in [1.29, 1.82) is 0 Å². The molecule has 0 aliphatic carbocycles. The van der Waals surface area contributed by atoms with Crippen LogP contribution < -0.4 is 5.32 Å². The minimum absolute atomic E-state index is 0.244. The van der Waals surface area contributed by atoms with Gasteiger partial charge in [0.1, 0.15) is 5.76 Å². The zero-order valence-corrected chi connectivity index (χ0v) is 13.1. The number of benzene rings is 1. The van der Waals surface area contributed by atoms with Crippen LogP contribution in [-0.2, 0) is 12.8 Å². The van der Waals surface area contributed by atoms with Gasteiger partial charge in [0.15, 0.2) is 0 Å². The Labute approximate surface area is 126 Å². The van der Waals surface area contributed by atoms with E-state index in [2.05, 4.69) is 44.3 Å². The van der Waals surface area contributed by atoms with Crippen molar-refractivity contribution in [3.8, 4) is 0 Å². The van der Waals surface area contributed by atoms with E-state index in [1.165, 1.54) is 16.7 Å². The van der Waals surface area contributed by atoms with Crippen LogP contribution in [0.5, 0.6) is 0 Å². The average molecular weight is 292 g/mol. The fraction of sp³-hybridized carbons (Fsp3) is 0.412. The van der Waals surface area contributed by atoms with Gasteiger partial charge in [-0.1, -0.05) is 37.6 Å². The van der Waals surface area contributed by atoms with Crippen molar-refractivity contribution in [3.63, 3.8) is 0 Å². The summed E-state index contributed by atoms with van der Waals surface area (Å²) < 4.78 is 5.56. The lowest BCUT2D eigenvalue weighted by atomic mass is 9.97. The highest BCUT2D eigenvalue weighted by Crippen LogP contribution is 2.27. The summed E-state index contributed by atoms with van der Waals surface area (Å²) in [4.78, 5) is 0. The molecular weight excluding hydrogens is 270 g/mol. The van der Waals surface area contributed by atoms with Crippen LogP contribution in [0.1, 0.15) is 42.3 Å². The van der Waals surface area contributed by atoms with Crippen LogP contribution in [0.3, 0.4) is 0 Å². The van der Waals surface area contributed by atoms with Crippen LogP contribution in [0.2, 0.25) is 5.02 Å². The summed E-state index contributed by atoms with van der Waals surface area (Å²) in [5.74, 6) is 1.05. The summed E-state index contributed by atoms with van der Waals surface area (Å²) in [7, 11) is 0. The molecule has 2 nitrogen and oxygen atoms in total. The van der Waals surface area contributed by atoms with Crippen molar-refractivity contribution < 1.29 is 4.42 Å². The molecule has 2 aromatic rings. The second-order valence-electron chi connectivity index (χ2n) is 5.06. The van der Waals surface area contributed by atoms with Gasteiger partial charge in [-0.3, -0.25) is 0 Å². The topological polar surface area (TPSA) is 25.2 Å². The Bertz CT molecular complexity index is 562. The van der Waals surface area contributed by atoms with Gasteiger partial charge in [-0.2, -0.15) is 0 Å². The summed E-state index contributed by atoms with van der Waals surface area (Å²) in [6.07, 6.45) is 3.56. The SMILES string of the molecule is CCNC(Cc1ccc(C)cc1Cl)c1ccoc1CC. The molecule has 0 spiro atoms. The molecule has 0 radical (unpaired) electrons. The van der Waals surface area contributed by atoms with Gasteiger partial charge in [0.2, 0.25) is 0 Å². The third-order valence-electron chi connectivity index (χ3n) is 3.56. The first-order chi connectivity index (χ1) is 9.65. The van der Waals surface area contributed by atoms with Crippen LogP contribution in [-0.4, -0.2) is 6.54 Å². The summed E-state index contributed by atoms with van der Waals surface area (Å²) in [6, 6.07) is 8.56. The molecule has 1 heterocycles. The maximum atomic E-state index is 6.36. The zero-order valence-electron chi connectivity index (χ0n) is 12.4. The lowest BCUT2D eigenvalue weighted by Crippen LogP contribution is -2.23. The van der Waals surface area contributed by atoms with Crippen molar-refractivity contribution >= 4 is 11.6 Å². The highest BCUT2D eigenvalue weighted by Gasteiger charge is 2.17. The van der Waals surface area contributed by atoms with Gasteiger partial charge in [-0.05, 0) is 43.1 Å². The quantitative estimate of drug-likeness (QED) is 0.835. The first-order valence-electron chi connectivity index (χ1n) is 7.20. The molecule has 0 bridgehead atoms. The number of nitrogens with one attached hydrogen (secondary N) is 1. The Morgan fingerprint density at radius 2 is 2.05 bits per heavy atom. The van der Waals surface area contributed by atoms with Crippen molar-refractivity contribution in [2.24, 2.45) is 0 Å². The number of likely N-dealkylation sites (N-methyl/N-ethyl adjacent to an activating group) is 1. The molecule has 0 saturated carbocycles. The zero-order chi connectivity index (χ0) is 14.5. The summed E-state index contributed by atoms with van der Waals surface area (Å²) >= 11 is 6.36. The second-order valence-corrected chi connectivity index (χ2v) is 5.47. The molecule has 1 atom stereocenters. The van der Waals surface area contributed by atoms with Crippen molar-refractivity contribution in [2.45, 2.75) is 39.7 Å². The Morgan fingerprint density at radius 3 is 2.70 bits per heavy atom. The molecule has 1 aromatic carbocycles. The van der Waals surface area contributed by atoms with Crippen molar-refractivity contribution in [1.82, 2.24) is 5.32 Å². The fourth-order valence-electron chi connectivity index (χ4n) is 2.52. The van der Waals surface area contributed by atoms with E-state index in [1.54, 1.807) is 6.26 Å². The Morgan fingerprint density at radius 1 is 1.25 bits per heavy atom. The highest BCUT2D eigenvalue weighted by atomic mass is 35.5. The van der Waals surface area contributed by atoms with E-state index in [0.29, 0.717) is 0 Å². The molecule has 0 aliphatic heterocycles. The number of hydrogen-bond donors (Lipinski definition) is 1. The van der Waals surface area contributed by atoms with Crippen LogP contribution in [0.4, 0.5) is 0 Å². The fourth-order valence-corrected chi connectivity index (χ4v) is 2.84. The summed E-state index contributed by atoms with van der Waals surface area (Å²) in [5.41, 5.74) is 3.61. The van der Waals surface area contributed by atoms with E-state index in [-0.39, 0.29) is 6.04 Å². The molecule has 0 fully saturated rings. The Hall–Kier alpha value is -1.25. The third-order valence-corrected chi connectivity index (χ3v) is 3.91. The van der Waals surface area contributed by atoms with Gasteiger partial charge >= 0.3 is 0 Å². The van der Waals surface area contributed by atoms with E-state index in [0.717, 1.165) is 30.2 Å². The first kappa shape index (κ1) is 15.1. The minimum Gasteiger partial charge on any atom is -0.469 e. The molecule has 0 amide bonds. The van der Waals surface area contributed by atoms with Crippen LogP contribution in [0, 0.1) is 6.92 Å². The standard InChI is InChI=1S/C17H22ClNO/c1-4-17-14(8-9-20-17)16(19-5-2)11-13-7-6-12(3)10-15(13)18/h6-10,16,19H,4-5,11H2,1-3H3. The average Bonchev–Trinajstić information content (AvgIpc) is 2.89. The molecule has 20 heavy (non-hydrogen) atoms. The summed E-state index contributed by atoms with van der Waals surface area (Å²) in [5, 5.41) is 4.37. The van der Waals surface area contributed by atoms with E-state index in [4.69, 9.17) is 16.0 Å². The largest absolute Gasteiger partial charge is 0.469 e. The molecule has 1 unspecified atom stereocenters. The lowest BCUT2D eigenvalue weighted by molar-refractivity contribution is 0.487. The molecule has 108 valence electrons. The van der Waals surface area contributed by atoms with Crippen LogP contribution in [0.15, 0.2) is 34.9 Å². The van der Waals surface area contributed by atoms with E-state index < -0.39 is 0 Å². The van der Waals surface area contributed by atoms with E-state index in [1.807, 2.05) is 6.07 Å². The highest BCUT2D eigenvalue weighted by molar-refractivity contribution is 6.31. The van der Waals surface area contributed by atoms with Gasteiger partial charge in [0.05, 0.1) is 6.26 Å². The summed E-state index contributed by atoms with van der Waals surface area (Å²) in [6.45, 7) is 7.21. The number of furan rings is 1. The Kier molecular flexibility index (Phi) is 5.27. The van der Waals surface area contributed by atoms with Gasteiger partial charge < -0.3 is 9.73 Å². The molecule has 0 saturated heterocycles. The van der Waals surface area contributed by atoms with Gasteiger partial charge in [0, 0.05) is 23.0 Å². The van der Waals surface area contributed by atoms with Gasteiger partial charge in [-0.15, -0.1) is 0 Å². The van der Waals surface area contributed by atoms with Gasteiger partial charge in [-0.25, -0.2) is 0 Å².